The van der Waals surface area contributed by atoms with Crippen LogP contribution in [-0.4, -0.2) is 36.0 Å². The minimum absolute atomic E-state index is 0. The van der Waals surface area contributed by atoms with Crippen molar-refractivity contribution in [2.24, 2.45) is 0 Å². The molecule has 0 spiro atoms. The van der Waals surface area contributed by atoms with E-state index in [0.29, 0.717) is 6.54 Å². The van der Waals surface area contributed by atoms with Crippen LogP contribution in [0.25, 0.3) is 0 Å². The Morgan fingerprint density at radius 1 is 1.25 bits per heavy atom. The van der Waals surface area contributed by atoms with Crippen molar-refractivity contribution >= 4 is 30.5 Å². The smallest absolute Gasteiger partial charge is 0.269 e. The average molecular weight is 324 g/mol. The van der Waals surface area contributed by atoms with Crippen molar-refractivity contribution in [1.29, 1.82) is 0 Å². The molecule has 0 bridgehead atoms. The molecule has 0 saturated carbocycles. The summed E-state index contributed by atoms with van der Waals surface area (Å²) in [6.07, 6.45) is 0. The van der Waals surface area contributed by atoms with Crippen LogP contribution in [0.3, 0.4) is 0 Å². The number of likely N-dealkylation sites (N-methyl/N-ethyl adjacent to an activating group) is 1. The molecule has 0 aliphatic rings. The zero-order valence-corrected chi connectivity index (χ0v) is 13.5. The van der Waals surface area contributed by atoms with Crippen LogP contribution in [-0.2, 0) is 6.54 Å². The van der Waals surface area contributed by atoms with Gasteiger partial charge in [-0.3, -0.25) is 10.1 Å². The van der Waals surface area contributed by atoms with Crippen molar-refractivity contribution in [2.75, 3.05) is 26.2 Å². The fraction of sp³-hybridized carbons (Fsp3) is 0.538. The lowest BCUT2D eigenvalue weighted by molar-refractivity contribution is -0.384. The van der Waals surface area contributed by atoms with Gasteiger partial charge in [-0.2, -0.15) is 0 Å². The minimum Gasteiger partial charge on any atom is -0.311 e. The molecule has 0 aromatic heterocycles. The molecule has 20 heavy (non-hydrogen) atoms. The van der Waals surface area contributed by atoms with Gasteiger partial charge in [0.1, 0.15) is 0 Å². The van der Waals surface area contributed by atoms with Crippen molar-refractivity contribution in [2.45, 2.75) is 20.4 Å². The lowest BCUT2D eigenvalue weighted by atomic mass is 10.2. The molecule has 0 aliphatic heterocycles. The van der Waals surface area contributed by atoms with Gasteiger partial charge in [0.25, 0.3) is 5.69 Å². The second kappa shape index (κ2) is 11.9. The Balaban J connectivity index is 0. The van der Waals surface area contributed by atoms with Gasteiger partial charge < -0.3 is 10.2 Å². The summed E-state index contributed by atoms with van der Waals surface area (Å²) in [5.74, 6) is 0. The fourth-order valence-corrected chi connectivity index (χ4v) is 1.79. The third-order valence-corrected chi connectivity index (χ3v) is 2.95. The van der Waals surface area contributed by atoms with E-state index in [2.05, 4.69) is 24.1 Å². The van der Waals surface area contributed by atoms with E-state index in [0.717, 1.165) is 31.7 Å². The standard InChI is InChI=1S/C13H21N3O2.2ClH/c1-3-15(4-2)9-8-14-11-12-6-5-7-13(10-12)16(17)18;;/h5-7,10,14H,3-4,8-9,11H2,1-2H3;2*1H. The third kappa shape index (κ3) is 7.65. The fourth-order valence-electron chi connectivity index (χ4n) is 1.79. The van der Waals surface area contributed by atoms with Crippen molar-refractivity contribution in [3.05, 3.63) is 39.9 Å². The van der Waals surface area contributed by atoms with E-state index >= 15 is 0 Å². The first-order chi connectivity index (χ1) is 8.67. The number of nitro groups is 1. The molecule has 0 atom stereocenters. The molecule has 1 N–H and O–H groups in total. The number of nitrogens with one attached hydrogen (secondary N) is 1. The maximum absolute atomic E-state index is 10.6. The molecule has 0 radical (unpaired) electrons. The molecule has 0 fully saturated rings. The van der Waals surface area contributed by atoms with Crippen LogP contribution in [0.4, 0.5) is 5.69 Å². The zero-order valence-electron chi connectivity index (χ0n) is 11.9. The molecule has 1 rings (SSSR count). The van der Waals surface area contributed by atoms with E-state index in [4.69, 9.17) is 0 Å². The summed E-state index contributed by atoms with van der Waals surface area (Å²) < 4.78 is 0. The van der Waals surface area contributed by atoms with Gasteiger partial charge >= 0.3 is 0 Å². The van der Waals surface area contributed by atoms with Crippen molar-refractivity contribution in [1.82, 2.24) is 10.2 Å². The van der Waals surface area contributed by atoms with Crippen LogP contribution in [0.2, 0.25) is 0 Å². The van der Waals surface area contributed by atoms with E-state index in [9.17, 15) is 10.1 Å². The molecule has 0 saturated heterocycles. The molecule has 0 heterocycles. The second-order valence-corrected chi connectivity index (χ2v) is 4.13. The predicted molar refractivity (Wildman–Crippen MR) is 87.1 cm³/mol. The van der Waals surface area contributed by atoms with Gasteiger partial charge in [0.05, 0.1) is 4.92 Å². The number of benzene rings is 1. The Morgan fingerprint density at radius 3 is 2.45 bits per heavy atom. The molecule has 7 heteroatoms. The van der Waals surface area contributed by atoms with Crippen LogP contribution in [0.5, 0.6) is 0 Å². The highest BCUT2D eigenvalue weighted by Crippen LogP contribution is 2.12. The number of non-ortho nitro benzene ring substituents is 1. The van der Waals surface area contributed by atoms with Gasteiger partial charge in [-0.15, -0.1) is 24.8 Å². The highest BCUT2D eigenvalue weighted by molar-refractivity contribution is 5.85. The first-order valence-corrected chi connectivity index (χ1v) is 6.33. The van der Waals surface area contributed by atoms with Crippen LogP contribution in [0.15, 0.2) is 24.3 Å². The maximum atomic E-state index is 10.6. The van der Waals surface area contributed by atoms with Crippen molar-refractivity contribution < 1.29 is 4.92 Å². The van der Waals surface area contributed by atoms with E-state index in [1.165, 1.54) is 6.07 Å². The van der Waals surface area contributed by atoms with Gasteiger partial charge in [-0.05, 0) is 18.7 Å². The number of rotatable bonds is 8. The number of hydrogen-bond acceptors (Lipinski definition) is 4. The first kappa shape index (κ1) is 21.4. The Labute approximate surface area is 132 Å². The molecular formula is C13H23Cl2N3O2. The maximum Gasteiger partial charge on any atom is 0.269 e. The van der Waals surface area contributed by atoms with E-state index < -0.39 is 0 Å². The van der Waals surface area contributed by atoms with E-state index in [1.807, 2.05) is 6.07 Å². The largest absolute Gasteiger partial charge is 0.311 e. The van der Waals surface area contributed by atoms with Crippen LogP contribution in [0, 0.1) is 10.1 Å². The van der Waals surface area contributed by atoms with E-state index in [-0.39, 0.29) is 35.4 Å². The first-order valence-electron chi connectivity index (χ1n) is 6.33. The monoisotopic (exact) mass is 323 g/mol. The minimum atomic E-state index is -0.362. The molecule has 0 unspecified atom stereocenters. The summed E-state index contributed by atoms with van der Waals surface area (Å²) in [5.41, 5.74) is 1.10. The van der Waals surface area contributed by atoms with Crippen LogP contribution in [0.1, 0.15) is 19.4 Å². The lowest BCUT2D eigenvalue weighted by Gasteiger charge is -2.17. The summed E-state index contributed by atoms with van der Waals surface area (Å²) in [6, 6.07) is 6.75. The normalized spacial score (nSPS) is 9.75. The van der Waals surface area contributed by atoms with Gasteiger partial charge in [-0.1, -0.05) is 26.0 Å². The Bertz CT molecular complexity index is 388. The van der Waals surface area contributed by atoms with Crippen molar-refractivity contribution in [3.63, 3.8) is 0 Å². The molecule has 0 amide bonds. The molecule has 0 aliphatic carbocycles. The quantitative estimate of drug-likeness (QED) is 0.454. The summed E-state index contributed by atoms with van der Waals surface area (Å²) in [5, 5.41) is 13.9. The van der Waals surface area contributed by atoms with Gasteiger partial charge in [0.15, 0.2) is 0 Å². The summed E-state index contributed by atoms with van der Waals surface area (Å²) in [7, 11) is 0. The highest BCUT2D eigenvalue weighted by Gasteiger charge is 2.05. The molecule has 5 nitrogen and oxygen atoms in total. The van der Waals surface area contributed by atoms with Crippen LogP contribution >= 0.6 is 24.8 Å². The van der Waals surface area contributed by atoms with Gasteiger partial charge in [0.2, 0.25) is 0 Å². The van der Waals surface area contributed by atoms with Crippen LogP contribution < -0.4 is 5.32 Å². The summed E-state index contributed by atoms with van der Waals surface area (Å²) >= 11 is 0. The number of nitro benzene ring substituents is 1. The Morgan fingerprint density at radius 2 is 1.90 bits per heavy atom. The SMILES string of the molecule is CCN(CC)CCNCc1cccc([N+](=O)[O-])c1.Cl.Cl. The predicted octanol–water partition coefficient (Wildman–Crippen LogP) is 2.87. The topological polar surface area (TPSA) is 58.4 Å². The Kier molecular flexibility index (Phi) is 12.8. The summed E-state index contributed by atoms with van der Waals surface area (Å²) in [6.45, 7) is 8.95. The Hall–Kier alpha value is -0.880. The molecule has 116 valence electrons. The highest BCUT2D eigenvalue weighted by atomic mass is 35.5. The van der Waals surface area contributed by atoms with E-state index in [1.54, 1.807) is 12.1 Å². The number of halogens is 2. The number of nitrogens with zero attached hydrogens (tertiary/aromatic N) is 2. The summed E-state index contributed by atoms with van der Waals surface area (Å²) in [4.78, 5) is 12.6. The molecule has 1 aromatic carbocycles. The van der Waals surface area contributed by atoms with Gasteiger partial charge in [-0.25, -0.2) is 0 Å². The number of hydrogen-bond donors (Lipinski definition) is 1. The lowest BCUT2D eigenvalue weighted by Crippen LogP contribution is -2.31. The van der Waals surface area contributed by atoms with Crippen molar-refractivity contribution in [3.8, 4) is 0 Å². The molecular weight excluding hydrogens is 301 g/mol. The average Bonchev–Trinajstić information content (AvgIpc) is 2.39. The third-order valence-electron chi connectivity index (χ3n) is 2.95. The zero-order chi connectivity index (χ0) is 13.4. The molecule has 1 aromatic rings. The second-order valence-electron chi connectivity index (χ2n) is 4.13. The van der Waals surface area contributed by atoms with Gasteiger partial charge in [0, 0.05) is 31.8 Å².